The molecule has 0 spiro atoms. The maximum atomic E-state index is 13.6. The highest BCUT2D eigenvalue weighted by molar-refractivity contribution is 6.30. The zero-order valence-corrected chi connectivity index (χ0v) is 23.1. The van der Waals surface area contributed by atoms with Gasteiger partial charge in [0.2, 0.25) is 5.91 Å². The molecular weight excluding hydrogens is 508 g/mol. The van der Waals surface area contributed by atoms with E-state index in [0.717, 1.165) is 5.56 Å². The number of methoxy groups -OCH3 is 2. The maximum Gasteiger partial charge on any atom is 0.261 e. The van der Waals surface area contributed by atoms with Gasteiger partial charge in [0.25, 0.3) is 5.91 Å². The molecule has 0 saturated heterocycles. The first-order valence-electron chi connectivity index (χ1n) is 12.5. The number of benzene rings is 2. The number of ether oxygens (including phenoxy) is 3. The number of rotatable bonds is 14. The second-order valence-corrected chi connectivity index (χ2v) is 9.29. The Balaban J connectivity index is 1.71. The van der Waals surface area contributed by atoms with Crippen molar-refractivity contribution in [1.29, 1.82) is 0 Å². The van der Waals surface area contributed by atoms with Crippen LogP contribution >= 0.6 is 11.6 Å². The van der Waals surface area contributed by atoms with Gasteiger partial charge in [-0.2, -0.15) is 0 Å². The zero-order chi connectivity index (χ0) is 27.5. The van der Waals surface area contributed by atoms with Gasteiger partial charge in [-0.15, -0.1) is 0 Å². The predicted molar refractivity (Wildman–Crippen MR) is 146 cm³/mol. The molecule has 9 heteroatoms. The van der Waals surface area contributed by atoms with Crippen LogP contribution in [-0.4, -0.2) is 61.6 Å². The molecule has 1 heterocycles. The first-order valence-corrected chi connectivity index (χ1v) is 12.9. The van der Waals surface area contributed by atoms with Gasteiger partial charge in [0.05, 0.1) is 27.0 Å². The number of carbonyl (C=O) groups is 2. The van der Waals surface area contributed by atoms with E-state index in [1.165, 1.54) is 0 Å². The lowest BCUT2D eigenvalue weighted by atomic mass is 10.1. The van der Waals surface area contributed by atoms with E-state index in [1.54, 1.807) is 60.6 Å². The van der Waals surface area contributed by atoms with Crippen molar-refractivity contribution in [3.8, 4) is 17.2 Å². The normalized spacial score (nSPS) is 11.5. The van der Waals surface area contributed by atoms with E-state index >= 15 is 0 Å². The number of furan rings is 1. The molecule has 3 rings (SSSR count). The molecule has 0 saturated carbocycles. The van der Waals surface area contributed by atoms with Gasteiger partial charge in [0, 0.05) is 17.6 Å². The Morgan fingerprint density at radius 1 is 1.00 bits per heavy atom. The van der Waals surface area contributed by atoms with Crippen LogP contribution in [0.4, 0.5) is 0 Å². The number of amides is 2. The third-order valence-corrected chi connectivity index (χ3v) is 6.57. The van der Waals surface area contributed by atoms with Crippen molar-refractivity contribution >= 4 is 23.4 Å². The second kappa shape index (κ2) is 14.3. The number of halogens is 1. The summed E-state index contributed by atoms with van der Waals surface area (Å²) in [6.07, 6.45) is 2.86. The van der Waals surface area contributed by atoms with Crippen molar-refractivity contribution in [2.75, 3.05) is 33.9 Å². The van der Waals surface area contributed by atoms with Crippen molar-refractivity contribution in [1.82, 2.24) is 9.80 Å². The first kappa shape index (κ1) is 28.9. The standard InChI is InChI=1S/C29H35ClN2O6/c1-5-21(2)32(29(34)20-38-24-11-9-23(30)10-12-24)19-28(33)31(18-25-7-6-16-37-25)15-14-22-8-13-26(35-3)27(17-22)36-4/h6-13,16-17,21H,5,14-15,18-20H2,1-4H3. The Labute approximate surface area is 229 Å². The molecule has 8 nitrogen and oxygen atoms in total. The summed E-state index contributed by atoms with van der Waals surface area (Å²) in [5.74, 6) is 2.03. The van der Waals surface area contributed by atoms with Crippen LogP contribution in [0.1, 0.15) is 31.6 Å². The quantitative estimate of drug-likeness (QED) is 0.277. The molecule has 1 unspecified atom stereocenters. The van der Waals surface area contributed by atoms with Crippen molar-refractivity contribution in [2.45, 2.75) is 39.3 Å². The molecule has 2 aromatic carbocycles. The van der Waals surface area contributed by atoms with Crippen LogP contribution in [0.15, 0.2) is 65.3 Å². The van der Waals surface area contributed by atoms with Gasteiger partial charge in [0.15, 0.2) is 18.1 Å². The molecule has 38 heavy (non-hydrogen) atoms. The fourth-order valence-electron chi connectivity index (χ4n) is 3.90. The molecule has 0 bridgehead atoms. The molecule has 0 N–H and O–H groups in total. The van der Waals surface area contributed by atoms with E-state index in [2.05, 4.69) is 0 Å². The topological polar surface area (TPSA) is 81.5 Å². The molecule has 0 fully saturated rings. The number of carbonyl (C=O) groups excluding carboxylic acids is 2. The molecule has 0 aliphatic heterocycles. The van der Waals surface area contributed by atoms with Gasteiger partial charge < -0.3 is 28.4 Å². The van der Waals surface area contributed by atoms with Crippen molar-refractivity contribution in [3.05, 3.63) is 77.2 Å². The maximum absolute atomic E-state index is 13.6. The lowest BCUT2D eigenvalue weighted by Crippen LogP contribution is -2.48. The fraction of sp³-hybridized carbons (Fsp3) is 0.379. The molecule has 0 radical (unpaired) electrons. The monoisotopic (exact) mass is 542 g/mol. The minimum atomic E-state index is -0.263. The highest BCUT2D eigenvalue weighted by atomic mass is 35.5. The highest BCUT2D eigenvalue weighted by Gasteiger charge is 2.25. The predicted octanol–water partition coefficient (Wildman–Crippen LogP) is 5.23. The zero-order valence-electron chi connectivity index (χ0n) is 22.3. The first-order chi connectivity index (χ1) is 18.3. The molecule has 1 atom stereocenters. The van der Waals surface area contributed by atoms with Gasteiger partial charge in [-0.05, 0) is 73.9 Å². The number of hydrogen-bond donors (Lipinski definition) is 0. The van der Waals surface area contributed by atoms with Crippen LogP contribution in [0.3, 0.4) is 0 Å². The Morgan fingerprint density at radius 2 is 1.74 bits per heavy atom. The summed E-state index contributed by atoms with van der Waals surface area (Å²) >= 11 is 5.92. The van der Waals surface area contributed by atoms with Crippen molar-refractivity contribution < 1.29 is 28.2 Å². The van der Waals surface area contributed by atoms with E-state index in [1.807, 2.05) is 38.1 Å². The summed E-state index contributed by atoms with van der Waals surface area (Å²) in [5.41, 5.74) is 0.992. The van der Waals surface area contributed by atoms with E-state index < -0.39 is 0 Å². The van der Waals surface area contributed by atoms with Crippen LogP contribution < -0.4 is 14.2 Å². The lowest BCUT2D eigenvalue weighted by Gasteiger charge is -2.31. The van der Waals surface area contributed by atoms with E-state index in [9.17, 15) is 9.59 Å². The Bertz CT molecular complexity index is 1170. The summed E-state index contributed by atoms with van der Waals surface area (Å²) in [6.45, 7) is 4.39. The van der Waals surface area contributed by atoms with Crippen LogP contribution in [-0.2, 0) is 22.6 Å². The molecule has 2 amide bonds. The fourth-order valence-corrected chi connectivity index (χ4v) is 4.02. The van der Waals surface area contributed by atoms with Crippen LogP contribution in [0.5, 0.6) is 17.2 Å². The summed E-state index contributed by atoms with van der Waals surface area (Å²) in [7, 11) is 3.18. The van der Waals surface area contributed by atoms with Gasteiger partial charge in [-0.1, -0.05) is 24.6 Å². The van der Waals surface area contributed by atoms with E-state index in [0.29, 0.717) is 54.0 Å². The van der Waals surface area contributed by atoms with Gasteiger partial charge in [0.1, 0.15) is 18.1 Å². The number of nitrogens with zero attached hydrogens (tertiary/aromatic N) is 2. The van der Waals surface area contributed by atoms with Crippen LogP contribution in [0.25, 0.3) is 0 Å². The van der Waals surface area contributed by atoms with Crippen LogP contribution in [0.2, 0.25) is 5.02 Å². The van der Waals surface area contributed by atoms with Gasteiger partial charge in [-0.25, -0.2) is 0 Å². The van der Waals surface area contributed by atoms with Crippen molar-refractivity contribution in [2.24, 2.45) is 0 Å². The smallest absolute Gasteiger partial charge is 0.261 e. The molecule has 204 valence electrons. The SMILES string of the molecule is CCC(C)N(CC(=O)N(CCc1ccc(OC)c(OC)c1)Cc1ccco1)C(=O)COc1ccc(Cl)cc1. The Morgan fingerprint density at radius 3 is 2.37 bits per heavy atom. The molecule has 1 aromatic heterocycles. The van der Waals surface area contributed by atoms with E-state index in [4.69, 9.17) is 30.2 Å². The lowest BCUT2D eigenvalue weighted by molar-refractivity contribution is -0.144. The third kappa shape index (κ3) is 8.18. The molecule has 0 aliphatic carbocycles. The summed E-state index contributed by atoms with van der Waals surface area (Å²) in [6, 6.07) is 16.0. The second-order valence-electron chi connectivity index (χ2n) is 8.86. The molecule has 0 aliphatic rings. The largest absolute Gasteiger partial charge is 0.493 e. The molecular formula is C29H35ClN2O6. The number of hydrogen-bond acceptors (Lipinski definition) is 6. The average Bonchev–Trinajstić information content (AvgIpc) is 3.46. The van der Waals surface area contributed by atoms with Crippen LogP contribution in [0, 0.1) is 0 Å². The van der Waals surface area contributed by atoms with E-state index in [-0.39, 0.29) is 31.0 Å². The summed E-state index contributed by atoms with van der Waals surface area (Å²) in [4.78, 5) is 30.0. The minimum Gasteiger partial charge on any atom is -0.493 e. The highest BCUT2D eigenvalue weighted by Crippen LogP contribution is 2.28. The molecule has 3 aromatic rings. The summed E-state index contributed by atoms with van der Waals surface area (Å²) < 4.78 is 21.9. The Kier molecular flexibility index (Phi) is 10.9. The van der Waals surface area contributed by atoms with Gasteiger partial charge in [-0.3, -0.25) is 9.59 Å². The Hall–Kier alpha value is -3.65. The minimum absolute atomic E-state index is 0.0650. The third-order valence-electron chi connectivity index (χ3n) is 6.32. The van der Waals surface area contributed by atoms with Crippen molar-refractivity contribution in [3.63, 3.8) is 0 Å². The van der Waals surface area contributed by atoms with Gasteiger partial charge >= 0.3 is 0 Å². The summed E-state index contributed by atoms with van der Waals surface area (Å²) in [5, 5.41) is 0.584. The average molecular weight is 543 g/mol.